The molecule has 0 radical (unpaired) electrons. The minimum atomic E-state index is -0.183. The second-order valence-electron chi connectivity index (χ2n) is 4.42. The number of ether oxygens (including phenoxy) is 2. The van der Waals surface area contributed by atoms with Crippen molar-refractivity contribution in [2.45, 2.75) is 12.8 Å². The highest BCUT2D eigenvalue weighted by Crippen LogP contribution is 2.38. The number of carbonyl (C=O) groups excluding carboxylic acids is 1. The summed E-state index contributed by atoms with van der Waals surface area (Å²) in [6.45, 7) is 1.15. The van der Waals surface area contributed by atoms with E-state index in [4.69, 9.17) is 21.1 Å². The number of amides is 1. The van der Waals surface area contributed by atoms with Gasteiger partial charge in [-0.2, -0.15) is 0 Å². The summed E-state index contributed by atoms with van der Waals surface area (Å²) >= 11 is 7.45. The van der Waals surface area contributed by atoms with Crippen molar-refractivity contribution in [3.05, 3.63) is 28.2 Å². The zero-order valence-electron chi connectivity index (χ0n) is 11.0. The maximum atomic E-state index is 11.9. The Morgan fingerprint density at radius 2 is 2.24 bits per heavy atom. The van der Waals surface area contributed by atoms with E-state index in [1.54, 1.807) is 17.6 Å². The fourth-order valence-corrected chi connectivity index (χ4v) is 2.71. The van der Waals surface area contributed by atoms with E-state index in [0.717, 1.165) is 12.0 Å². The van der Waals surface area contributed by atoms with Crippen LogP contribution in [0.15, 0.2) is 17.6 Å². The van der Waals surface area contributed by atoms with Gasteiger partial charge in [-0.15, -0.1) is 10.2 Å². The summed E-state index contributed by atoms with van der Waals surface area (Å²) in [5.41, 5.74) is 2.31. The smallest absolute Gasteiger partial charge is 0.230 e. The molecule has 1 aromatic carbocycles. The fourth-order valence-electron chi connectivity index (χ4n) is 1.96. The topological polar surface area (TPSA) is 73.3 Å². The predicted octanol–water partition coefficient (Wildman–Crippen LogP) is 2.53. The number of hydrogen-bond acceptors (Lipinski definition) is 6. The van der Waals surface area contributed by atoms with E-state index < -0.39 is 0 Å². The van der Waals surface area contributed by atoms with Gasteiger partial charge in [0.25, 0.3) is 0 Å². The molecule has 6 nitrogen and oxygen atoms in total. The zero-order chi connectivity index (χ0) is 14.7. The second kappa shape index (κ2) is 6.28. The van der Waals surface area contributed by atoms with Crippen molar-refractivity contribution in [2.24, 2.45) is 0 Å². The first-order valence-corrected chi connectivity index (χ1v) is 7.62. The van der Waals surface area contributed by atoms with Gasteiger partial charge in [0.05, 0.1) is 24.7 Å². The van der Waals surface area contributed by atoms with Crippen molar-refractivity contribution < 1.29 is 14.3 Å². The summed E-state index contributed by atoms with van der Waals surface area (Å²) < 4.78 is 11.1. The molecule has 3 rings (SSSR count). The maximum Gasteiger partial charge on any atom is 0.230 e. The van der Waals surface area contributed by atoms with Crippen LogP contribution >= 0.6 is 22.9 Å². The van der Waals surface area contributed by atoms with Gasteiger partial charge in [0.15, 0.2) is 11.5 Å². The van der Waals surface area contributed by atoms with Crippen molar-refractivity contribution in [3.63, 3.8) is 0 Å². The first kappa shape index (κ1) is 14.1. The molecule has 0 bridgehead atoms. The van der Waals surface area contributed by atoms with Crippen LogP contribution in [0.25, 0.3) is 0 Å². The third-order valence-electron chi connectivity index (χ3n) is 2.83. The quantitative estimate of drug-likeness (QED) is 0.938. The highest BCUT2D eigenvalue weighted by atomic mass is 35.5. The van der Waals surface area contributed by atoms with Gasteiger partial charge < -0.3 is 14.8 Å². The van der Waals surface area contributed by atoms with Crippen molar-refractivity contribution in [1.29, 1.82) is 0 Å². The number of aromatic nitrogens is 2. The van der Waals surface area contributed by atoms with E-state index in [9.17, 15) is 4.79 Å². The Hall–Kier alpha value is -1.86. The Bertz CT molecular complexity index is 648. The minimum absolute atomic E-state index is 0.177. The van der Waals surface area contributed by atoms with Crippen molar-refractivity contribution in [2.75, 3.05) is 18.5 Å². The van der Waals surface area contributed by atoms with Gasteiger partial charge in [-0.1, -0.05) is 22.9 Å². The Morgan fingerprint density at radius 3 is 3.05 bits per heavy atom. The molecule has 0 spiro atoms. The Kier molecular flexibility index (Phi) is 4.21. The third kappa shape index (κ3) is 3.43. The molecule has 0 aliphatic carbocycles. The molecule has 1 amide bonds. The highest BCUT2D eigenvalue weighted by molar-refractivity contribution is 7.13. The third-order valence-corrected chi connectivity index (χ3v) is 3.72. The molecule has 0 atom stereocenters. The lowest BCUT2D eigenvalue weighted by Gasteiger charge is -2.11. The molecule has 2 heterocycles. The van der Waals surface area contributed by atoms with Gasteiger partial charge >= 0.3 is 0 Å². The Morgan fingerprint density at radius 1 is 1.38 bits per heavy atom. The van der Waals surface area contributed by atoms with Gasteiger partial charge in [-0.3, -0.25) is 4.79 Å². The minimum Gasteiger partial charge on any atom is -0.489 e. The van der Waals surface area contributed by atoms with Crippen LogP contribution in [0, 0.1) is 0 Å². The van der Waals surface area contributed by atoms with E-state index in [1.165, 1.54) is 11.3 Å². The lowest BCUT2D eigenvalue weighted by molar-refractivity contribution is -0.115. The molecular weight excluding hydrogens is 314 g/mol. The lowest BCUT2D eigenvalue weighted by atomic mass is 10.1. The number of nitrogens with one attached hydrogen (secondary N) is 1. The molecule has 0 fully saturated rings. The number of anilines is 1. The molecule has 1 aliphatic heterocycles. The van der Waals surface area contributed by atoms with E-state index in [-0.39, 0.29) is 12.3 Å². The molecular formula is C13H12ClN3O3S. The monoisotopic (exact) mass is 325 g/mol. The van der Waals surface area contributed by atoms with Crippen LogP contribution in [-0.2, 0) is 11.2 Å². The summed E-state index contributed by atoms with van der Waals surface area (Å²) in [6.07, 6.45) is 0.980. The van der Waals surface area contributed by atoms with Crippen LogP contribution < -0.4 is 14.8 Å². The number of benzene rings is 1. The maximum absolute atomic E-state index is 11.9. The molecule has 110 valence electrons. The van der Waals surface area contributed by atoms with Crippen molar-refractivity contribution >= 4 is 34.0 Å². The van der Waals surface area contributed by atoms with Crippen LogP contribution in [0.3, 0.4) is 0 Å². The van der Waals surface area contributed by atoms with Crippen LogP contribution in [0.4, 0.5) is 5.13 Å². The van der Waals surface area contributed by atoms with Crippen LogP contribution in [0.2, 0.25) is 5.02 Å². The molecule has 0 saturated heterocycles. The molecule has 1 aliphatic rings. The van der Waals surface area contributed by atoms with Gasteiger partial charge in [0.1, 0.15) is 5.51 Å². The number of rotatable bonds is 3. The number of nitrogens with zero attached hydrogens (tertiary/aromatic N) is 2. The van der Waals surface area contributed by atoms with Crippen LogP contribution in [0.1, 0.15) is 12.0 Å². The van der Waals surface area contributed by atoms with Crippen LogP contribution in [0.5, 0.6) is 11.5 Å². The highest BCUT2D eigenvalue weighted by Gasteiger charge is 2.17. The Labute approximate surface area is 130 Å². The second-order valence-corrected chi connectivity index (χ2v) is 5.66. The van der Waals surface area contributed by atoms with E-state index in [2.05, 4.69) is 15.5 Å². The average molecular weight is 326 g/mol. The molecule has 21 heavy (non-hydrogen) atoms. The molecule has 2 aromatic rings. The zero-order valence-corrected chi connectivity index (χ0v) is 12.5. The predicted molar refractivity (Wildman–Crippen MR) is 79.3 cm³/mol. The molecule has 0 saturated carbocycles. The van der Waals surface area contributed by atoms with E-state index in [0.29, 0.717) is 34.9 Å². The Balaban J connectivity index is 1.75. The molecule has 0 unspecified atom stereocenters. The summed E-state index contributed by atoms with van der Waals surface area (Å²) in [5.74, 6) is 0.943. The van der Waals surface area contributed by atoms with Crippen LogP contribution in [-0.4, -0.2) is 29.3 Å². The molecule has 1 aromatic heterocycles. The number of fused-ring (bicyclic) bond motifs is 1. The standard InChI is InChI=1S/C13H12ClN3O3S/c14-9-4-8(5-10-12(9)20-3-1-2-19-10)6-11(18)16-13-17-15-7-21-13/h4-5,7H,1-3,6H2,(H,16,17,18). The first-order chi connectivity index (χ1) is 10.2. The SMILES string of the molecule is O=C(Cc1cc(Cl)c2c(c1)OCCCO2)Nc1nncs1. The summed E-state index contributed by atoms with van der Waals surface area (Å²) in [6, 6.07) is 3.50. The van der Waals surface area contributed by atoms with Gasteiger partial charge in [0, 0.05) is 6.42 Å². The van der Waals surface area contributed by atoms with Gasteiger partial charge in [-0.05, 0) is 17.7 Å². The normalized spacial score (nSPS) is 13.6. The van der Waals surface area contributed by atoms with E-state index in [1.807, 2.05) is 0 Å². The van der Waals surface area contributed by atoms with Gasteiger partial charge in [-0.25, -0.2) is 0 Å². The first-order valence-electron chi connectivity index (χ1n) is 6.36. The van der Waals surface area contributed by atoms with Gasteiger partial charge in [0.2, 0.25) is 11.0 Å². The number of halogens is 1. The van der Waals surface area contributed by atoms with Crippen molar-refractivity contribution in [1.82, 2.24) is 10.2 Å². The molecule has 8 heteroatoms. The largest absolute Gasteiger partial charge is 0.489 e. The summed E-state index contributed by atoms with van der Waals surface area (Å²) in [4.78, 5) is 11.9. The molecule has 1 N–H and O–H groups in total. The summed E-state index contributed by atoms with van der Waals surface area (Å²) in [5, 5.41) is 11.0. The van der Waals surface area contributed by atoms with Crippen molar-refractivity contribution in [3.8, 4) is 11.5 Å². The fraction of sp³-hybridized carbons (Fsp3) is 0.308. The summed E-state index contributed by atoms with van der Waals surface area (Å²) in [7, 11) is 0. The average Bonchev–Trinajstić information content (AvgIpc) is 2.82. The number of carbonyl (C=O) groups is 1. The lowest BCUT2D eigenvalue weighted by Crippen LogP contribution is -2.14. The number of hydrogen-bond donors (Lipinski definition) is 1. The van der Waals surface area contributed by atoms with E-state index >= 15 is 0 Å².